The number of carbonyl (C=O) groups is 2. The van der Waals surface area contributed by atoms with Gasteiger partial charge >= 0.3 is 11.9 Å². The third-order valence-corrected chi connectivity index (χ3v) is 2.75. The molecule has 0 amide bonds. The molecule has 2 aromatic rings. The molecular formula is C14H9NO7. The van der Waals surface area contributed by atoms with Gasteiger partial charge in [0.15, 0.2) is 0 Å². The Bertz CT molecular complexity index is 752. The molecule has 0 unspecified atom stereocenters. The van der Waals surface area contributed by atoms with E-state index in [0.29, 0.717) is 0 Å². The van der Waals surface area contributed by atoms with Crippen LogP contribution in [0, 0.1) is 10.1 Å². The Balaban J connectivity index is 2.41. The van der Waals surface area contributed by atoms with Crippen molar-refractivity contribution < 1.29 is 29.5 Å². The molecule has 0 radical (unpaired) electrons. The van der Waals surface area contributed by atoms with E-state index in [-0.39, 0.29) is 17.2 Å². The van der Waals surface area contributed by atoms with E-state index in [1.54, 1.807) is 0 Å². The summed E-state index contributed by atoms with van der Waals surface area (Å²) < 4.78 is 5.33. The third-order valence-electron chi connectivity index (χ3n) is 2.75. The minimum Gasteiger partial charge on any atom is -0.478 e. The molecule has 0 bridgehead atoms. The van der Waals surface area contributed by atoms with Crippen LogP contribution in [0.25, 0.3) is 0 Å². The van der Waals surface area contributed by atoms with Crippen molar-refractivity contribution in [1.82, 2.24) is 0 Å². The highest BCUT2D eigenvalue weighted by atomic mass is 16.6. The van der Waals surface area contributed by atoms with Gasteiger partial charge in [0.05, 0.1) is 10.5 Å². The van der Waals surface area contributed by atoms with E-state index in [1.807, 2.05) is 0 Å². The lowest BCUT2D eigenvalue weighted by molar-refractivity contribution is -0.384. The molecule has 0 heterocycles. The highest BCUT2D eigenvalue weighted by molar-refractivity contribution is 6.03. The molecule has 0 aliphatic heterocycles. The third kappa shape index (κ3) is 3.01. The fourth-order valence-electron chi connectivity index (χ4n) is 1.78. The van der Waals surface area contributed by atoms with Gasteiger partial charge in [-0.25, -0.2) is 9.59 Å². The Morgan fingerprint density at radius 1 is 1.00 bits per heavy atom. The number of hydrogen-bond donors (Lipinski definition) is 2. The van der Waals surface area contributed by atoms with E-state index >= 15 is 0 Å². The Hall–Kier alpha value is -3.42. The van der Waals surface area contributed by atoms with Crippen molar-refractivity contribution >= 4 is 17.6 Å². The molecule has 2 N–H and O–H groups in total. The number of rotatable bonds is 5. The predicted molar refractivity (Wildman–Crippen MR) is 73.5 cm³/mol. The van der Waals surface area contributed by atoms with Crippen molar-refractivity contribution in [3.05, 3.63) is 63.7 Å². The molecule has 0 saturated carbocycles. The monoisotopic (exact) mass is 303 g/mol. The molecule has 112 valence electrons. The van der Waals surface area contributed by atoms with Crippen molar-refractivity contribution in [3.8, 4) is 11.5 Å². The fraction of sp³-hybridized carbons (Fsp3) is 0. The van der Waals surface area contributed by atoms with Gasteiger partial charge < -0.3 is 14.9 Å². The second-order valence-corrected chi connectivity index (χ2v) is 4.14. The number of nitrogens with zero attached hydrogens (tertiary/aromatic N) is 1. The summed E-state index contributed by atoms with van der Waals surface area (Å²) in [5.41, 5.74) is -1.05. The number of carboxylic acids is 2. The maximum atomic E-state index is 11.2. The molecular weight excluding hydrogens is 294 g/mol. The van der Waals surface area contributed by atoms with Gasteiger partial charge in [0, 0.05) is 12.1 Å². The van der Waals surface area contributed by atoms with E-state index in [4.69, 9.17) is 14.9 Å². The number of nitro benzene ring substituents is 1. The molecule has 8 heteroatoms. The van der Waals surface area contributed by atoms with Gasteiger partial charge in [-0.1, -0.05) is 6.07 Å². The van der Waals surface area contributed by atoms with E-state index < -0.39 is 28.0 Å². The van der Waals surface area contributed by atoms with Crippen LogP contribution in [0.15, 0.2) is 42.5 Å². The smallest absolute Gasteiger partial charge is 0.340 e. The van der Waals surface area contributed by atoms with E-state index in [1.165, 1.54) is 36.4 Å². The number of non-ortho nitro benzene ring substituents is 1. The first-order valence-electron chi connectivity index (χ1n) is 5.92. The summed E-state index contributed by atoms with van der Waals surface area (Å²) in [6.45, 7) is 0. The van der Waals surface area contributed by atoms with Crippen LogP contribution in [0.5, 0.6) is 11.5 Å². The summed E-state index contributed by atoms with van der Waals surface area (Å²) in [5.74, 6) is -2.86. The lowest BCUT2D eigenvalue weighted by atomic mass is 10.1. The number of carboxylic acid groups (broad SMARTS) is 2. The van der Waals surface area contributed by atoms with Crippen LogP contribution in [0.3, 0.4) is 0 Å². The normalized spacial score (nSPS) is 10.0. The maximum absolute atomic E-state index is 11.2. The van der Waals surface area contributed by atoms with E-state index in [0.717, 1.165) is 6.07 Å². The zero-order chi connectivity index (χ0) is 16.3. The first-order valence-corrected chi connectivity index (χ1v) is 5.92. The summed E-state index contributed by atoms with van der Waals surface area (Å²) in [6.07, 6.45) is 0. The average molecular weight is 303 g/mol. The Morgan fingerprint density at radius 2 is 1.64 bits per heavy atom. The van der Waals surface area contributed by atoms with Gasteiger partial charge in [-0.05, 0) is 24.3 Å². The lowest BCUT2D eigenvalue weighted by Crippen LogP contribution is -2.09. The summed E-state index contributed by atoms with van der Waals surface area (Å²) >= 11 is 0. The van der Waals surface area contributed by atoms with Crippen molar-refractivity contribution in [1.29, 1.82) is 0 Å². The topological polar surface area (TPSA) is 127 Å². The molecule has 8 nitrogen and oxygen atoms in total. The molecule has 0 aliphatic rings. The number of aromatic carboxylic acids is 2. The van der Waals surface area contributed by atoms with Crippen LogP contribution < -0.4 is 4.74 Å². The second-order valence-electron chi connectivity index (χ2n) is 4.14. The van der Waals surface area contributed by atoms with Crippen LogP contribution in [0.4, 0.5) is 5.69 Å². The SMILES string of the molecule is O=C(O)c1cccc(Oc2ccc([N+](=O)[O-])cc2)c1C(=O)O. The fourth-order valence-corrected chi connectivity index (χ4v) is 1.78. The second kappa shape index (κ2) is 5.92. The van der Waals surface area contributed by atoms with Crippen molar-refractivity contribution in [3.63, 3.8) is 0 Å². The van der Waals surface area contributed by atoms with Crippen LogP contribution in [0.2, 0.25) is 0 Å². The average Bonchev–Trinajstić information content (AvgIpc) is 2.47. The molecule has 2 aromatic carbocycles. The molecule has 0 spiro atoms. The molecule has 22 heavy (non-hydrogen) atoms. The number of ether oxygens (including phenoxy) is 1. The summed E-state index contributed by atoms with van der Waals surface area (Å²) in [4.78, 5) is 32.3. The van der Waals surface area contributed by atoms with Crippen molar-refractivity contribution in [2.75, 3.05) is 0 Å². The molecule has 0 fully saturated rings. The standard InChI is InChI=1S/C14H9NO7/c16-13(17)10-2-1-3-11(12(10)14(18)19)22-9-6-4-8(5-7-9)15(20)21/h1-7H,(H,16,17)(H,18,19). The van der Waals surface area contributed by atoms with Crippen molar-refractivity contribution in [2.45, 2.75) is 0 Å². The molecule has 0 atom stereocenters. The summed E-state index contributed by atoms with van der Waals surface area (Å²) in [6, 6.07) is 8.75. The minimum absolute atomic E-state index is 0.148. The zero-order valence-corrected chi connectivity index (χ0v) is 10.9. The van der Waals surface area contributed by atoms with E-state index in [2.05, 4.69) is 0 Å². The van der Waals surface area contributed by atoms with Crippen LogP contribution >= 0.6 is 0 Å². The Morgan fingerprint density at radius 3 is 2.14 bits per heavy atom. The Labute approximate surface area is 123 Å². The number of benzene rings is 2. The van der Waals surface area contributed by atoms with Gasteiger partial charge in [-0.15, -0.1) is 0 Å². The van der Waals surface area contributed by atoms with Crippen LogP contribution in [-0.4, -0.2) is 27.1 Å². The molecule has 0 saturated heterocycles. The largest absolute Gasteiger partial charge is 0.478 e. The first kappa shape index (κ1) is 15.0. The quantitative estimate of drug-likeness (QED) is 0.642. The molecule has 2 rings (SSSR count). The predicted octanol–water partition coefficient (Wildman–Crippen LogP) is 2.78. The lowest BCUT2D eigenvalue weighted by Gasteiger charge is -2.10. The van der Waals surface area contributed by atoms with Crippen LogP contribution in [-0.2, 0) is 0 Å². The van der Waals surface area contributed by atoms with E-state index in [9.17, 15) is 19.7 Å². The van der Waals surface area contributed by atoms with Gasteiger partial charge in [0.25, 0.3) is 5.69 Å². The highest BCUT2D eigenvalue weighted by Crippen LogP contribution is 2.29. The van der Waals surface area contributed by atoms with Gasteiger partial charge in [0.2, 0.25) is 0 Å². The molecule has 0 aliphatic carbocycles. The number of nitro groups is 1. The molecule has 0 aromatic heterocycles. The summed E-state index contributed by atoms with van der Waals surface area (Å²) in [5, 5.41) is 28.7. The zero-order valence-electron chi connectivity index (χ0n) is 10.9. The van der Waals surface area contributed by atoms with Crippen LogP contribution in [0.1, 0.15) is 20.7 Å². The highest BCUT2D eigenvalue weighted by Gasteiger charge is 2.21. The van der Waals surface area contributed by atoms with Gasteiger partial charge in [-0.3, -0.25) is 10.1 Å². The van der Waals surface area contributed by atoms with Crippen molar-refractivity contribution in [2.24, 2.45) is 0 Å². The number of hydrogen-bond acceptors (Lipinski definition) is 5. The summed E-state index contributed by atoms with van der Waals surface area (Å²) in [7, 11) is 0. The van der Waals surface area contributed by atoms with Gasteiger partial charge in [-0.2, -0.15) is 0 Å². The maximum Gasteiger partial charge on any atom is 0.340 e. The Kier molecular flexibility index (Phi) is 4.03. The minimum atomic E-state index is -1.45. The first-order chi connectivity index (χ1) is 10.4. The van der Waals surface area contributed by atoms with Gasteiger partial charge in [0.1, 0.15) is 17.1 Å².